The molecule has 0 saturated carbocycles. The number of benzene rings is 3. The van der Waals surface area contributed by atoms with Gasteiger partial charge >= 0.3 is 0 Å². The second-order valence-corrected chi connectivity index (χ2v) is 8.94. The molecule has 3 aromatic rings. The molecule has 0 spiro atoms. The van der Waals surface area contributed by atoms with Crippen LogP contribution in [-0.2, 0) is 16.1 Å². The maximum atomic E-state index is 13.4. The Labute approximate surface area is 216 Å². The molecule has 7 heteroatoms. The zero-order valence-electron chi connectivity index (χ0n) is 21.4. The third-order valence-electron chi connectivity index (χ3n) is 6.04. The van der Waals surface area contributed by atoms with Crippen LogP contribution >= 0.6 is 0 Å². The number of para-hydroxylation sites is 1. The number of aliphatic hydroxyl groups excluding tert-OH is 1. The molecule has 192 valence electrons. The van der Waals surface area contributed by atoms with E-state index in [0.717, 1.165) is 5.56 Å². The van der Waals surface area contributed by atoms with Gasteiger partial charge in [0.1, 0.15) is 23.0 Å². The fourth-order valence-corrected chi connectivity index (χ4v) is 4.49. The van der Waals surface area contributed by atoms with E-state index < -0.39 is 17.7 Å². The lowest BCUT2D eigenvalue weighted by Crippen LogP contribution is -2.29. The van der Waals surface area contributed by atoms with Crippen molar-refractivity contribution in [1.82, 2.24) is 4.90 Å². The van der Waals surface area contributed by atoms with E-state index in [4.69, 9.17) is 14.2 Å². The van der Waals surface area contributed by atoms with Crippen LogP contribution in [0.2, 0.25) is 0 Å². The summed E-state index contributed by atoms with van der Waals surface area (Å²) < 4.78 is 16.9. The van der Waals surface area contributed by atoms with Crippen molar-refractivity contribution in [2.45, 2.75) is 39.5 Å². The van der Waals surface area contributed by atoms with Gasteiger partial charge in [-0.05, 0) is 56.7 Å². The Hall–Kier alpha value is -4.26. The number of Topliss-reactive ketones (excluding diaryl/α,β-unsaturated/α-hetero) is 1. The van der Waals surface area contributed by atoms with Crippen LogP contribution in [0.15, 0.2) is 78.4 Å². The molecule has 1 unspecified atom stereocenters. The molecule has 0 aromatic heterocycles. The summed E-state index contributed by atoms with van der Waals surface area (Å²) in [5.41, 5.74) is 1.79. The maximum Gasteiger partial charge on any atom is 0.295 e. The number of aliphatic hydroxyl groups is 1. The van der Waals surface area contributed by atoms with Gasteiger partial charge in [-0.1, -0.05) is 42.5 Å². The van der Waals surface area contributed by atoms with Crippen LogP contribution < -0.4 is 14.2 Å². The van der Waals surface area contributed by atoms with E-state index in [9.17, 15) is 14.7 Å². The highest BCUT2D eigenvalue weighted by Crippen LogP contribution is 2.42. The molecular formula is C30H31NO6. The zero-order chi connectivity index (χ0) is 26.5. The van der Waals surface area contributed by atoms with Gasteiger partial charge in [-0.15, -0.1) is 0 Å². The summed E-state index contributed by atoms with van der Waals surface area (Å²) >= 11 is 0. The number of ketones is 1. The Morgan fingerprint density at radius 3 is 2.43 bits per heavy atom. The van der Waals surface area contributed by atoms with Crippen LogP contribution in [-0.4, -0.2) is 41.5 Å². The van der Waals surface area contributed by atoms with Crippen molar-refractivity contribution < 1.29 is 28.9 Å². The second kappa shape index (κ2) is 11.2. The first kappa shape index (κ1) is 25.8. The van der Waals surface area contributed by atoms with Crippen LogP contribution in [0.5, 0.6) is 17.2 Å². The number of ether oxygens (including phenoxy) is 3. The van der Waals surface area contributed by atoms with Gasteiger partial charge in [-0.25, -0.2) is 0 Å². The summed E-state index contributed by atoms with van der Waals surface area (Å²) in [5, 5.41) is 11.4. The van der Waals surface area contributed by atoms with Crippen molar-refractivity contribution >= 4 is 17.4 Å². The van der Waals surface area contributed by atoms with Crippen LogP contribution in [0.3, 0.4) is 0 Å². The summed E-state index contributed by atoms with van der Waals surface area (Å²) in [4.78, 5) is 28.3. The fraction of sp³-hybridized carbons (Fsp3) is 0.267. The number of methoxy groups -OCH3 is 1. The summed E-state index contributed by atoms with van der Waals surface area (Å²) in [6, 6.07) is 20.6. The van der Waals surface area contributed by atoms with Gasteiger partial charge in [-0.2, -0.15) is 0 Å². The van der Waals surface area contributed by atoms with Crippen molar-refractivity contribution in [3.05, 3.63) is 95.1 Å². The van der Waals surface area contributed by atoms with E-state index >= 15 is 0 Å². The molecule has 1 aliphatic heterocycles. The summed E-state index contributed by atoms with van der Waals surface area (Å²) in [5.74, 6) is 0.0439. The van der Waals surface area contributed by atoms with Gasteiger partial charge in [-0.3, -0.25) is 9.59 Å². The molecule has 1 atom stereocenters. The molecule has 0 aliphatic carbocycles. The zero-order valence-corrected chi connectivity index (χ0v) is 21.4. The third-order valence-corrected chi connectivity index (χ3v) is 6.04. The summed E-state index contributed by atoms with van der Waals surface area (Å²) in [6.07, 6.45) is -0.0588. The molecule has 7 nitrogen and oxygen atoms in total. The van der Waals surface area contributed by atoms with Gasteiger partial charge in [0, 0.05) is 11.1 Å². The lowest BCUT2D eigenvalue weighted by molar-refractivity contribution is -0.140. The minimum atomic E-state index is -0.837. The normalized spacial score (nSPS) is 16.8. The molecule has 0 bridgehead atoms. The maximum absolute atomic E-state index is 13.4. The number of rotatable bonds is 9. The van der Waals surface area contributed by atoms with Crippen LogP contribution in [0.4, 0.5) is 0 Å². The van der Waals surface area contributed by atoms with Crippen LogP contribution in [0.1, 0.15) is 43.5 Å². The number of hydrogen-bond donors (Lipinski definition) is 1. The Bertz CT molecular complexity index is 1330. The minimum Gasteiger partial charge on any atom is -0.507 e. The van der Waals surface area contributed by atoms with Crippen molar-refractivity contribution in [3.63, 3.8) is 0 Å². The van der Waals surface area contributed by atoms with Crippen molar-refractivity contribution in [2.75, 3.05) is 13.7 Å². The van der Waals surface area contributed by atoms with Crippen molar-refractivity contribution in [3.8, 4) is 17.2 Å². The predicted octanol–water partition coefficient (Wildman–Crippen LogP) is 5.50. The summed E-state index contributed by atoms with van der Waals surface area (Å²) in [6.45, 7) is 6.28. The Kier molecular flexibility index (Phi) is 7.82. The van der Waals surface area contributed by atoms with Gasteiger partial charge in [0.25, 0.3) is 11.7 Å². The molecular weight excluding hydrogens is 470 g/mol. The number of nitrogens with zero attached hydrogens (tertiary/aromatic N) is 1. The van der Waals surface area contributed by atoms with Gasteiger partial charge in [0.2, 0.25) is 0 Å². The van der Waals surface area contributed by atoms with E-state index in [2.05, 4.69) is 0 Å². The minimum absolute atomic E-state index is 0.00948. The Balaban J connectivity index is 1.87. The van der Waals surface area contributed by atoms with Crippen molar-refractivity contribution in [1.29, 1.82) is 0 Å². The Morgan fingerprint density at radius 2 is 1.70 bits per heavy atom. The number of likely N-dealkylation sites (tertiary alicyclic amines) is 1. The first-order valence-electron chi connectivity index (χ1n) is 12.2. The first-order valence-corrected chi connectivity index (χ1v) is 12.2. The topological polar surface area (TPSA) is 85.3 Å². The second-order valence-electron chi connectivity index (χ2n) is 8.94. The van der Waals surface area contributed by atoms with Gasteiger partial charge in [0.05, 0.1) is 38.0 Å². The highest BCUT2D eigenvalue weighted by molar-refractivity contribution is 6.46. The molecule has 1 N–H and O–H groups in total. The van der Waals surface area contributed by atoms with Crippen molar-refractivity contribution in [2.24, 2.45) is 0 Å². The highest BCUT2D eigenvalue weighted by Gasteiger charge is 2.46. The molecule has 1 fully saturated rings. The van der Waals surface area contributed by atoms with Gasteiger partial charge < -0.3 is 24.2 Å². The number of carbonyl (C=O) groups excluding carboxylic acids is 2. The molecule has 1 heterocycles. The van der Waals surface area contributed by atoms with E-state index in [0.29, 0.717) is 35.0 Å². The van der Waals surface area contributed by atoms with E-state index in [1.54, 1.807) is 43.5 Å². The number of carbonyl (C=O) groups is 2. The molecule has 3 aromatic carbocycles. The highest BCUT2D eigenvalue weighted by atomic mass is 16.5. The average molecular weight is 502 g/mol. The lowest BCUT2D eigenvalue weighted by Gasteiger charge is -2.26. The molecule has 37 heavy (non-hydrogen) atoms. The molecule has 1 amide bonds. The monoisotopic (exact) mass is 501 g/mol. The molecule has 4 rings (SSSR count). The number of amides is 1. The fourth-order valence-electron chi connectivity index (χ4n) is 4.49. The van der Waals surface area contributed by atoms with Crippen LogP contribution in [0.25, 0.3) is 5.76 Å². The quantitative estimate of drug-likeness (QED) is 0.237. The van der Waals surface area contributed by atoms with Gasteiger partial charge in [0.15, 0.2) is 0 Å². The SMILES string of the molecule is CCOc1cccc(/C(O)=C2/C(=O)C(=O)N(Cc3ccccc3OC)C2c2cccc(OC(C)C)c2)c1. The molecule has 1 aliphatic rings. The van der Waals surface area contributed by atoms with E-state index in [-0.39, 0.29) is 24.0 Å². The largest absolute Gasteiger partial charge is 0.507 e. The third kappa shape index (κ3) is 5.45. The predicted molar refractivity (Wildman–Crippen MR) is 141 cm³/mol. The standard InChI is InChI=1S/C30H31NO6/c1-5-36-23-13-9-12-21(17-23)28(32)26-27(20-11-8-14-24(16-20)37-19(2)3)31(30(34)29(26)33)18-22-10-6-7-15-25(22)35-4/h6-17,19,27,32H,5,18H2,1-4H3/b28-26-. The van der Waals surface area contributed by atoms with Crippen LogP contribution in [0, 0.1) is 0 Å². The van der Waals surface area contributed by atoms with E-state index in [1.807, 2.05) is 57.2 Å². The number of hydrogen-bond acceptors (Lipinski definition) is 6. The average Bonchev–Trinajstić information content (AvgIpc) is 3.13. The molecule has 0 radical (unpaired) electrons. The Morgan fingerprint density at radius 1 is 0.973 bits per heavy atom. The van der Waals surface area contributed by atoms with E-state index in [1.165, 1.54) is 4.90 Å². The smallest absolute Gasteiger partial charge is 0.295 e. The lowest BCUT2D eigenvalue weighted by atomic mass is 9.95. The first-order chi connectivity index (χ1) is 17.8. The molecule has 1 saturated heterocycles. The summed E-state index contributed by atoms with van der Waals surface area (Å²) in [7, 11) is 1.56.